The number of aromatic amines is 1. The first-order valence-corrected chi connectivity index (χ1v) is 10.9. The average molecular weight is 452 g/mol. The lowest BCUT2D eigenvalue weighted by atomic mass is 10.1. The molecule has 3 aromatic rings. The topological polar surface area (TPSA) is 117 Å². The first-order chi connectivity index (χ1) is 16.1. The summed E-state index contributed by atoms with van der Waals surface area (Å²) in [7, 11) is 5.22. The molecule has 1 saturated heterocycles. The zero-order chi connectivity index (χ0) is 23.2. The highest BCUT2D eigenvalue weighted by Gasteiger charge is 2.22. The number of carbonyl (C=O) groups is 1. The van der Waals surface area contributed by atoms with Crippen LogP contribution in [0.3, 0.4) is 0 Å². The van der Waals surface area contributed by atoms with Crippen molar-refractivity contribution in [3.63, 3.8) is 0 Å². The van der Waals surface area contributed by atoms with E-state index < -0.39 is 0 Å². The Hall–Kier alpha value is -3.66. The summed E-state index contributed by atoms with van der Waals surface area (Å²) in [6, 6.07) is 8.07. The summed E-state index contributed by atoms with van der Waals surface area (Å²) in [5.74, 6) is 2.38. The molecule has 3 N–H and O–H groups in total. The standard InChI is InChI=1S/C23H29N7O3/c1-24-17-6-7-30(14-17)22-13-25-20(12-26-22)23(31)27-21-10-16(28-29-21)5-4-15-8-18(32-2)11-19(9-15)33-3/h8-13,17,24H,4-7,14H2,1-3H3,(H2,27,28,29,31). The van der Waals surface area contributed by atoms with E-state index in [1.165, 1.54) is 6.20 Å². The van der Waals surface area contributed by atoms with E-state index in [-0.39, 0.29) is 11.6 Å². The van der Waals surface area contributed by atoms with Gasteiger partial charge >= 0.3 is 0 Å². The molecule has 1 amide bonds. The van der Waals surface area contributed by atoms with Crippen molar-refractivity contribution < 1.29 is 14.3 Å². The highest BCUT2D eigenvalue weighted by atomic mass is 16.5. The molecule has 0 spiro atoms. The number of nitrogens with one attached hydrogen (secondary N) is 3. The summed E-state index contributed by atoms with van der Waals surface area (Å²) in [5, 5.41) is 13.2. The molecular formula is C23H29N7O3. The lowest BCUT2D eigenvalue weighted by Gasteiger charge is -2.16. The van der Waals surface area contributed by atoms with Crippen molar-refractivity contribution in [1.29, 1.82) is 0 Å². The van der Waals surface area contributed by atoms with Crippen LogP contribution in [0.2, 0.25) is 0 Å². The van der Waals surface area contributed by atoms with Crippen LogP contribution in [0.1, 0.15) is 28.2 Å². The van der Waals surface area contributed by atoms with Gasteiger partial charge in [-0.3, -0.25) is 9.89 Å². The highest BCUT2D eigenvalue weighted by Crippen LogP contribution is 2.23. The fraction of sp³-hybridized carbons (Fsp3) is 0.391. The molecule has 174 valence electrons. The quantitative estimate of drug-likeness (QED) is 0.453. The molecule has 0 bridgehead atoms. The smallest absolute Gasteiger partial charge is 0.277 e. The Morgan fingerprint density at radius 2 is 1.91 bits per heavy atom. The van der Waals surface area contributed by atoms with Crippen LogP contribution in [0, 0.1) is 0 Å². The lowest BCUT2D eigenvalue weighted by Crippen LogP contribution is -2.30. The SMILES string of the molecule is CNC1CCN(c2cnc(C(=O)Nc3cc(CCc4cc(OC)cc(OC)c4)[nH]n3)cn2)C1. The Bertz CT molecular complexity index is 1060. The van der Waals surface area contributed by atoms with Crippen LogP contribution in [-0.4, -0.2) is 66.5 Å². The van der Waals surface area contributed by atoms with Gasteiger partial charge in [0.2, 0.25) is 0 Å². The number of hydrogen-bond acceptors (Lipinski definition) is 8. The molecule has 1 aliphatic heterocycles. The summed E-state index contributed by atoms with van der Waals surface area (Å²) in [6.07, 6.45) is 5.69. The van der Waals surface area contributed by atoms with Gasteiger partial charge in [0.05, 0.1) is 26.6 Å². The molecule has 4 rings (SSSR count). The van der Waals surface area contributed by atoms with Crippen molar-refractivity contribution in [1.82, 2.24) is 25.5 Å². The van der Waals surface area contributed by atoms with E-state index in [1.54, 1.807) is 20.4 Å². The summed E-state index contributed by atoms with van der Waals surface area (Å²) >= 11 is 0. The first kappa shape index (κ1) is 22.5. The van der Waals surface area contributed by atoms with Gasteiger partial charge in [-0.15, -0.1) is 0 Å². The third kappa shape index (κ3) is 5.58. The van der Waals surface area contributed by atoms with E-state index in [1.807, 2.05) is 31.3 Å². The molecule has 1 aromatic carbocycles. The minimum absolute atomic E-state index is 0.246. The molecular weight excluding hydrogens is 422 g/mol. The fourth-order valence-electron chi connectivity index (χ4n) is 3.83. The third-order valence-corrected chi connectivity index (χ3v) is 5.76. The van der Waals surface area contributed by atoms with E-state index in [4.69, 9.17) is 9.47 Å². The number of likely N-dealkylation sites (N-methyl/N-ethyl adjacent to an activating group) is 1. The van der Waals surface area contributed by atoms with Crippen molar-refractivity contribution in [3.8, 4) is 11.5 Å². The number of H-pyrrole nitrogens is 1. The number of methoxy groups -OCH3 is 2. The van der Waals surface area contributed by atoms with Gasteiger partial charge in [-0.1, -0.05) is 0 Å². The van der Waals surface area contributed by atoms with E-state index >= 15 is 0 Å². The van der Waals surface area contributed by atoms with Crippen molar-refractivity contribution in [2.75, 3.05) is 44.6 Å². The van der Waals surface area contributed by atoms with Crippen LogP contribution >= 0.6 is 0 Å². The highest BCUT2D eigenvalue weighted by molar-refractivity contribution is 6.02. The predicted molar refractivity (Wildman–Crippen MR) is 125 cm³/mol. The van der Waals surface area contributed by atoms with Crippen molar-refractivity contribution in [2.24, 2.45) is 0 Å². The molecule has 0 radical (unpaired) electrons. The number of aromatic nitrogens is 4. The number of rotatable bonds is 9. The van der Waals surface area contributed by atoms with E-state index in [0.29, 0.717) is 11.9 Å². The number of anilines is 2. The second kappa shape index (κ2) is 10.3. The summed E-state index contributed by atoms with van der Waals surface area (Å²) in [6.45, 7) is 1.81. The molecule has 1 fully saturated rings. The zero-order valence-electron chi connectivity index (χ0n) is 19.1. The van der Waals surface area contributed by atoms with Gasteiger partial charge in [-0.2, -0.15) is 5.10 Å². The van der Waals surface area contributed by atoms with Crippen molar-refractivity contribution in [3.05, 3.63) is 53.6 Å². The number of hydrogen-bond donors (Lipinski definition) is 3. The molecule has 3 heterocycles. The van der Waals surface area contributed by atoms with Crippen LogP contribution in [-0.2, 0) is 12.8 Å². The van der Waals surface area contributed by atoms with Gasteiger partial charge in [0, 0.05) is 37.0 Å². The first-order valence-electron chi connectivity index (χ1n) is 10.9. The van der Waals surface area contributed by atoms with Gasteiger partial charge < -0.3 is 25.0 Å². The maximum absolute atomic E-state index is 12.6. The Morgan fingerprint density at radius 1 is 1.12 bits per heavy atom. The largest absolute Gasteiger partial charge is 0.497 e. The van der Waals surface area contributed by atoms with Gasteiger partial charge in [-0.05, 0) is 44.0 Å². The number of carbonyl (C=O) groups excluding carboxylic acids is 1. The van der Waals surface area contributed by atoms with Crippen molar-refractivity contribution >= 4 is 17.5 Å². The lowest BCUT2D eigenvalue weighted by molar-refractivity contribution is 0.102. The number of benzene rings is 1. The Balaban J connectivity index is 1.32. The molecule has 10 heteroatoms. The average Bonchev–Trinajstić information content (AvgIpc) is 3.52. The monoisotopic (exact) mass is 451 g/mol. The Labute approximate surface area is 192 Å². The zero-order valence-corrected chi connectivity index (χ0v) is 19.1. The minimum Gasteiger partial charge on any atom is -0.497 e. The van der Waals surface area contributed by atoms with E-state index in [2.05, 4.69) is 35.7 Å². The summed E-state index contributed by atoms with van der Waals surface area (Å²) < 4.78 is 10.6. The molecule has 1 unspecified atom stereocenters. The maximum Gasteiger partial charge on any atom is 0.277 e. The van der Waals surface area contributed by atoms with E-state index in [0.717, 1.165) is 60.9 Å². The Kier molecular flexibility index (Phi) is 7.04. The van der Waals surface area contributed by atoms with Crippen LogP contribution < -0.4 is 25.0 Å². The van der Waals surface area contributed by atoms with Gasteiger partial charge in [0.15, 0.2) is 5.82 Å². The molecule has 33 heavy (non-hydrogen) atoms. The fourth-order valence-corrected chi connectivity index (χ4v) is 3.83. The minimum atomic E-state index is -0.348. The Morgan fingerprint density at radius 3 is 2.55 bits per heavy atom. The predicted octanol–water partition coefficient (Wildman–Crippen LogP) is 2.05. The number of ether oxygens (including phenoxy) is 2. The molecule has 0 saturated carbocycles. The van der Waals surface area contributed by atoms with Gasteiger partial charge in [-0.25, -0.2) is 9.97 Å². The number of amides is 1. The normalized spacial score (nSPS) is 15.5. The van der Waals surface area contributed by atoms with Gasteiger partial charge in [0.1, 0.15) is 23.0 Å². The number of nitrogens with zero attached hydrogens (tertiary/aromatic N) is 4. The molecule has 2 aromatic heterocycles. The van der Waals surface area contributed by atoms with Crippen LogP contribution in [0.4, 0.5) is 11.6 Å². The van der Waals surface area contributed by atoms with Crippen LogP contribution in [0.5, 0.6) is 11.5 Å². The van der Waals surface area contributed by atoms with Crippen LogP contribution in [0.25, 0.3) is 0 Å². The summed E-state index contributed by atoms with van der Waals surface area (Å²) in [4.78, 5) is 23.4. The molecule has 1 aliphatic rings. The number of aryl methyl sites for hydroxylation is 2. The third-order valence-electron chi connectivity index (χ3n) is 5.76. The second-order valence-corrected chi connectivity index (χ2v) is 7.93. The van der Waals surface area contributed by atoms with Crippen LogP contribution in [0.15, 0.2) is 36.7 Å². The molecule has 10 nitrogen and oxygen atoms in total. The second-order valence-electron chi connectivity index (χ2n) is 7.93. The molecule has 0 aliphatic carbocycles. The summed E-state index contributed by atoms with van der Waals surface area (Å²) in [5.41, 5.74) is 2.23. The maximum atomic E-state index is 12.6. The van der Waals surface area contributed by atoms with Crippen molar-refractivity contribution in [2.45, 2.75) is 25.3 Å². The van der Waals surface area contributed by atoms with Gasteiger partial charge in [0.25, 0.3) is 5.91 Å². The molecule has 1 atom stereocenters. The van der Waals surface area contributed by atoms with E-state index in [9.17, 15) is 4.79 Å².